The van der Waals surface area contributed by atoms with Crippen LogP contribution in [0.3, 0.4) is 0 Å². The van der Waals surface area contributed by atoms with Crippen molar-refractivity contribution < 1.29 is 25.2 Å². The lowest BCUT2D eigenvalue weighted by molar-refractivity contribution is -0.132. The number of allylic oxidation sites excluding steroid dienone is 4. The Balaban J connectivity index is 3.59. The van der Waals surface area contributed by atoms with E-state index >= 15 is 0 Å². The first-order valence-corrected chi connectivity index (χ1v) is 30.7. The van der Waals surface area contributed by atoms with Gasteiger partial charge in [-0.15, -0.1) is 0 Å². The van der Waals surface area contributed by atoms with Gasteiger partial charge in [-0.3, -0.25) is 4.79 Å². The third-order valence-corrected chi connectivity index (χ3v) is 14.6. The molecule has 4 unspecified atom stereocenters. The number of hydrogen-bond acceptors (Lipinski definition) is 5. The molecule has 0 bridgehead atoms. The second kappa shape index (κ2) is 56.7. The molecule has 0 saturated carbocycles. The van der Waals surface area contributed by atoms with Crippen LogP contribution in [-0.4, -0.2) is 57.3 Å². The van der Waals surface area contributed by atoms with Gasteiger partial charge in [0.15, 0.2) is 0 Å². The van der Waals surface area contributed by atoms with E-state index in [0.717, 1.165) is 38.5 Å². The topological polar surface area (TPSA) is 110 Å². The summed E-state index contributed by atoms with van der Waals surface area (Å²) in [6.45, 7) is 4.09. The summed E-state index contributed by atoms with van der Waals surface area (Å²) in [5.74, 6) is -0.588. The molecule has 0 aliphatic rings. The molecule has 68 heavy (non-hydrogen) atoms. The molecule has 0 fully saturated rings. The highest BCUT2D eigenvalue weighted by Crippen LogP contribution is 2.18. The van der Waals surface area contributed by atoms with Crippen molar-refractivity contribution in [2.75, 3.05) is 6.61 Å². The van der Waals surface area contributed by atoms with Crippen LogP contribution < -0.4 is 5.32 Å². The Morgan fingerprint density at radius 3 is 0.882 bits per heavy atom. The number of aliphatic hydroxyl groups excluding tert-OH is 4. The van der Waals surface area contributed by atoms with Gasteiger partial charge in [-0.1, -0.05) is 295 Å². The SMILES string of the molecule is CCCCCCCCCCCCCC/C=C\CCCCCCCCCCCCCCCCCC(O)C(=O)NC(CO)C(O)C(O)CCC/C=C/CCCCCCCCCCCCCCCCCC. The van der Waals surface area contributed by atoms with Crippen molar-refractivity contribution in [2.45, 2.75) is 359 Å². The van der Waals surface area contributed by atoms with Crippen LogP contribution in [0.2, 0.25) is 0 Å². The molecule has 0 aliphatic heterocycles. The van der Waals surface area contributed by atoms with Crippen molar-refractivity contribution >= 4 is 5.91 Å². The minimum atomic E-state index is -1.28. The molecule has 404 valence electrons. The van der Waals surface area contributed by atoms with E-state index in [0.29, 0.717) is 12.8 Å². The van der Waals surface area contributed by atoms with Crippen LogP contribution in [0.1, 0.15) is 335 Å². The third kappa shape index (κ3) is 49.8. The van der Waals surface area contributed by atoms with Crippen LogP contribution in [0.5, 0.6) is 0 Å². The molecule has 0 aromatic heterocycles. The fourth-order valence-electron chi connectivity index (χ4n) is 9.82. The monoisotopic (exact) mass is 960 g/mol. The highest BCUT2D eigenvalue weighted by atomic mass is 16.3. The minimum Gasteiger partial charge on any atom is -0.394 e. The van der Waals surface area contributed by atoms with Gasteiger partial charge in [0, 0.05) is 0 Å². The van der Waals surface area contributed by atoms with Crippen molar-refractivity contribution in [3.05, 3.63) is 24.3 Å². The van der Waals surface area contributed by atoms with Crippen molar-refractivity contribution in [2.24, 2.45) is 0 Å². The molecule has 0 saturated heterocycles. The first kappa shape index (κ1) is 66.8. The lowest BCUT2D eigenvalue weighted by Gasteiger charge is -2.27. The molecule has 0 radical (unpaired) electrons. The van der Waals surface area contributed by atoms with E-state index in [-0.39, 0.29) is 0 Å². The molecule has 5 N–H and O–H groups in total. The summed E-state index contributed by atoms with van der Waals surface area (Å²) in [6.07, 6.45) is 69.9. The Labute approximate surface area is 425 Å². The number of hydrogen-bond donors (Lipinski definition) is 5. The molecule has 0 aromatic rings. The van der Waals surface area contributed by atoms with E-state index in [4.69, 9.17) is 0 Å². The highest BCUT2D eigenvalue weighted by molar-refractivity contribution is 5.80. The fourth-order valence-corrected chi connectivity index (χ4v) is 9.82. The summed E-state index contributed by atoms with van der Waals surface area (Å²) in [6, 6.07) is -1.00. The van der Waals surface area contributed by atoms with Crippen LogP contribution in [0.15, 0.2) is 24.3 Å². The maximum atomic E-state index is 12.6. The Bertz CT molecular complexity index is 1030. The molecular weight excluding hydrogens is 839 g/mol. The first-order chi connectivity index (χ1) is 33.5. The van der Waals surface area contributed by atoms with E-state index in [2.05, 4.69) is 43.5 Å². The first-order valence-electron chi connectivity index (χ1n) is 30.7. The molecular formula is C62H121NO5. The average Bonchev–Trinajstić information content (AvgIpc) is 3.34. The van der Waals surface area contributed by atoms with Crippen molar-refractivity contribution in [3.63, 3.8) is 0 Å². The number of aliphatic hydroxyl groups is 4. The smallest absolute Gasteiger partial charge is 0.249 e. The van der Waals surface area contributed by atoms with Crippen LogP contribution in [0.4, 0.5) is 0 Å². The standard InChI is InChI=1S/C62H121NO5/c1-3-5-7-9-11-13-15-17-19-21-23-25-26-27-28-29-30-31-32-33-34-36-38-40-42-44-46-48-50-52-54-56-60(66)62(68)63-58(57-64)61(67)59(65)55-53-51-49-47-45-43-41-39-37-35-24-22-20-18-16-14-12-10-8-6-4-2/h27-28,47,49,58-61,64-67H,3-26,29-46,48,50-57H2,1-2H3,(H,63,68)/b28-27-,49-47+. The predicted octanol–water partition coefficient (Wildman–Crippen LogP) is 18.2. The zero-order chi connectivity index (χ0) is 49.5. The number of amides is 1. The van der Waals surface area contributed by atoms with Crippen LogP contribution in [0, 0.1) is 0 Å². The van der Waals surface area contributed by atoms with Gasteiger partial charge in [-0.2, -0.15) is 0 Å². The highest BCUT2D eigenvalue weighted by Gasteiger charge is 2.28. The van der Waals surface area contributed by atoms with Crippen LogP contribution >= 0.6 is 0 Å². The Hall–Kier alpha value is -1.21. The summed E-state index contributed by atoms with van der Waals surface area (Å²) in [7, 11) is 0. The molecule has 1 amide bonds. The lowest BCUT2D eigenvalue weighted by Crippen LogP contribution is -2.53. The number of rotatable bonds is 57. The summed E-state index contributed by atoms with van der Waals surface area (Å²) in [5.41, 5.74) is 0. The fraction of sp³-hybridized carbons (Fsp3) is 0.919. The summed E-state index contributed by atoms with van der Waals surface area (Å²) < 4.78 is 0. The van der Waals surface area contributed by atoms with Crippen LogP contribution in [-0.2, 0) is 4.79 Å². The molecule has 6 heteroatoms. The number of unbranched alkanes of at least 4 members (excludes halogenated alkanes) is 44. The maximum Gasteiger partial charge on any atom is 0.249 e. The third-order valence-electron chi connectivity index (χ3n) is 14.6. The normalized spacial score (nSPS) is 13.8. The summed E-state index contributed by atoms with van der Waals surface area (Å²) in [5, 5.41) is 44.0. The van der Waals surface area contributed by atoms with E-state index in [1.165, 1.54) is 270 Å². The van der Waals surface area contributed by atoms with Crippen LogP contribution in [0.25, 0.3) is 0 Å². The second-order valence-electron chi connectivity index (χ2n) is 21.4. The van der Waals surface area contributed by atoms with Crippen molar-refractivity contribution in [1.29, 1.82) is 0 Å². The van der Waals surface area contributed by atoms with E-state index in [1.54, 1.807) is 0 Å². The maximum absolute atomic E-state index is 12.6. The molecule has 0 aliphatic carbocycles. The van der Waals surface area contributed by atoms with Crippen molar-refractivity contribution in [1.82, 2.24) is 5.32 Å². The van der Waals surface area contributed by atoms with Gasteiger partial charge in [-0.25, -0.2) is 0 Å². The minimum absolute atomic E-state index is 0.366. The lowest BCUT2D eigenvalue weighted by atomic mass is 10.00. The van der Waals surface area contributed by atoms with Gasteiger partial charge in [-0.05, 0) is 64.2 Å². The summed E-state index contributed by atoms with van der Waals surface area (Å²) in [4.78, 5) is 12.6. The van der Waals surface area contributed by atoms with Gasteiger partial charge in [0.1, 0.15) is 12.2 Å². The largest absolute Gasteiger partial charge is 0.394 e. The summed E-state index contributed by atoms with van der Waals surface area (Å²) >= 11 is 0. The molecule has 0 heterocycles. The van der Waals surface area contributed by atoms with Gasteiger partial charge in [0.05, 0.1) is 18.8 Å². The number of carbonyl (C=O) groups excluding carboxylic acids is 1. The number of carbonyl (C=O) groups is 1. The van der Waals surface area contributed by atoms with E-state index in [9.17, 15) is 25.2 Å². The Morgan fingerprint density at radius 1 is 0.353 bits per heavy atom. The van der Waals surface area contributed by atoms with Gasteiger partial charge < -0.3 is 25.7 Å². The van der Waals surface area contributed by atoms with E-state index in [1.807, 2.05) is 0 Å². The van der Waals surface area contributed by atoms with Gasteiger partial charge >= 0.3 is 0 Å². The Kier molecular flexibility index (Phi) is 55.7. The molecule has 0 aromatic carbocycles. The average molecular weight is 961 g/mol. The predicted molar refractivity (Wildman–Crippen MR) is 298 cm³/mol. The number of nitrogens with one attached hydrogen (secondary N) is 1. The quantitative estimate of drug-likeness (QED) is 0.0308. The Morgan fingerprint density at radius 2 is 0.603 bits per heavy atom. The zero-order valence-corrected chi connectivity index (χ0v) is 45.9. The van der Waals surface area contributed by atoms with Gasteiger partial charge in [0.2, 0.25) is 5.91 Å². The molecule has 6 nitrogen and oxygen atoms in total. The molecule has 4 atom stereocenters. The molecule has 0 rings (SSSR count). The van der Waals surface area contributed by atoms with E-state index < -0.39 is 36.9 Å². The van der Waals surface area contributed by atoms with Gasteiger partial charge in [0.25, 0.3) is 0 Å². The molecule has 0 spiro atoms. The van der Waals surface area contributed by atoms with Crippen molar-refractivity contribution in [3.8, 4) is 0 Å². The zero-order valence-electron chi connectivity index (χ0n) is 45.9. The second-order valence-corrected chi connectivity index (χ2v) is 21.4.